The average Bonchev–Trinajstić information content (AvgIpc) is 2.54. The molecule has 1 heteroatoms. The summed E-state index contributed by atoms with van der Waals surface area (Å²) in [7, 11) is 0. The molecule has 0 aromatic heterocycles. The molecule has 3 atom stereocenters. The minimum atomic E-state index is -0.00455. The molecule has 3 unspecified atom stereocenters. The molecule has 1 aliphatic carbocycles. The number of aliphatic hydroxyl groups excluding tert-OH is 1. The van der Waals surface area contributed by atoms with Crippen LogP contribution in [-0.2, 0) is 0 Å². The van der Waals surface area contributed by atoms with E-state index in [-0.39, 0.29) is 6.10 Å². The summed E-state index contributed by atoms with van der Waals surface area (Å²) in [5.41, 5.74) is 0. The quantitative estimate of drug-likeness (QED) is 0.629. The van der Waals surface area contributed by atoms with Crippen LogP contribution in [0.15, 0.2) is 0 Å². The van der Waals surface area contributed by atoms with E-state index in [0.29, 0.717) is 5.92 Å². The molecule has 1 rings (SSSR count). The van der Waals surface area contributed by atoms with E-state index >= 15 is 0 Å². The van der Waals surface area contributed by atoms with Crippen LogP contribution in [0.1, 0.15) is 71.6 Å². The maximum atomic E-state index is 9.64. The van der Waals surface area contributed by atoms with Crippen LogP contribution in [0.25, 0.3) is 0 Å². The molecule has 0 aliphatic heterocycles. The second kappa shape index (κ2) is 7.27. The van der Waals surface area contributed by atoms with Gasteiger partial charge >= 0.3 is 0 Å². The summed E-state index contributed by atoms with van der Waals surface area (Å²) in [6.45, 7) is 4.49. The largest absolute Gasteiger partial charge is 0.393 e. The van der Waals surface area contributed by atoms with Crippen LogP contribution in [0.5, 0.6) is 0 Å². The maximum absolute atomic E-state index is 9.64. The van der Waals surface area contributed by atoms with Gasteiger partial charge in [0, 0.05) is 0 Å². The molecule has 0 aromatic carbocycles. The van der Waals surface area contributed by atoms with Crippen LogP contribution in [0.3, 0.4) is 0 Å². The zero-order valence-corrected chi connectivity index (χ0v) is 10.5. The Morgan fingerprint density at radius 3 is 2.27 bits per heavy atom. The Morgan fingerprint density at radius 1 is 1.00 bits per heavy atom. The van der Waals surface area contributed by atoms with E-state index in [1.54, 1.807) is 0 Å². The van der Waals surface area contributed by atoms with E-state index in [1.807, 2.05) is 0 Å². The molecular weight excluding hydrogens is 184 g/mol. The molecule has 0 spiro atoms. The normalized spacial score (nSPS) is 31.0. The highest BCUT2D eigenvalue weighted by Gasteiger charge is 2.30. The van der Waals surface area contributed by atoms with E-state index in [4.69, 9.17) is 0 Å². The van der Waals surface area contributed by atoms with Crippen LogP contribution in [0, 0.1) is 11.8 Å². The smallest absolute Gasteiger partial charge is 0.0568 e. The summed E-state index contributed by atoms with van der Waals surface area (Å²) in [6.07, 6.45) is 12.0. The van der Waals surface area contributed by atoms with Gasteiger partial charge in [0.1, 0.15) is 0 Å². The number of hydrogen-bond acceptors (Lipinski definition) is 1. The number of rotatable bonds is 7. The van der Waals surface area contributed by atoms with Crippen molar-refractivity contribution in [2.45, 2.75) is 77.7 Å². The Bertz CT molecular complexity index is 155. The van der Waals surface area contributed by atoms with Crippen molar-refractivity contribution >= 4 is 0 Å². The van der Waals surface area contributed by atoms with Crippen molar-refractivity contribution in [1.29, 1.82) is 0 Å². The molecule has 0 aromatic rings. The van der Waals surface area contributed by atoms with Crippen molar-refractivity contribution in [3.8, 4) is 0 Å². The number of unbranched alkanes of at least 4 members (excludes halogenated alkanes) is 5. The van der Waals surface area contributed by atoms with Gasteiger partial charge in [-0.2, -0.15) is 0 Å². The van der Waals surface area contributed by atoms with Crippen LogP contribution in [-0.4, -0.2) is 11.2 Å². The SMILES string of the molecule is CCCCCCCCC1CCC(O)C1C. The summed E-state index contributed by atoms with van der Waals surface area (Å²) < 4.78 is 0. The van der Waals surface area contributed by atoms with Crippen LogP contribution in [0.4, 0.5) is 0 Å². The number of aliphatic hydroxyl groups is 1. The highest BCUT2D eigenvalue weighted by atomic mass is 16.3. The Morgan fingerprint density at radius 2 is 1.67 bits per heavy atom. The molecular formula is C14H28O. The molecule has 15 heavy (non-hydrogen) atoms. The minimum absolute atomic E-state index is 0.00455. The van der Waals surface area contributed by atoms with Gasteiger partial charge in [-0.15, -0.1) is 0 Å². The summed E-state index contributed by atoms with van der Waals surface area (Å²) in [4.78, 5) is 0. The molecule has 0 radical (unpaired) electrons. The van der Waals surface area contributed by atoms with Gasteiger partial charge in [-0.25, -0.2) is 0 Å². The fourth-order valence-electron chi connectivity index (χ4n) is 2.82. The third kappa shape index (κ3) is 4.55. The lowest BCUT2D eigenvalue weighted by atomic mass is 9.91. The summed E-state index contributed by atoms with van der Waals surface area (Å²) in [5, 5.41) is 9.64. The third-order valence-corrected chi connectivity index (χ3v) is 4.11. The third-order valence-electron chi connectivity index (χ3n) is 4.11. The molecule has 1 nitrogen and oxygen atoms in total. The topological polar surface area (TPSA) is 20.2 Å². The monoisotopic (exact) mass is 212 g/mol. The first-order chi connectivity index (χ1) is 7.25. The van der Waals surface area contributed by atoms with Crippen LogP contribution in [0.2, 0.25) is 0 Å². The Balaban J connectivity index is 1.96. The van der Waals surface area contributed by atoms with Crippen molar-refractivity contribution < 1.29 is 5.11 Å². The highest BCUT2D eigenvalue weighted by Crippen LogP contribution is 2.35. The molecule has 0 amide bonds. The van der Waals surface area contributed by atoms with Gasteiger partial charge in [0.05, 0.1) is 6.10 Å². The van der Waals surface area contributed by atoms with Gasteiger partial charge in [0.2, 0.25) is 0 Å². The highest BCUT2D eigenvalue weighted by molar-refractivity contribution is 4.81. The standard InChI is InChI=1S/C14H28O/c1-3-4-5-6-7-8-9-13-10-11-14(15)12(13)2/h12-15H,3-11H2,1-2H3. The lowest BCUT2D eigenvalue weighted by Crippen LogP contribution is -2.15. The summed E-state index contributed by atoms with van der Waals surface area (Å²) >= 11 is 0. The van der Waals surface area contributed by atoms with Crippen molar-refractivity contribution in [3.05, 3.63) is 0 Å². The maximum Gasteiger partial charge on any atom is 0.0568 e. The molecule has 0 heterocycles. The van der Waals surface area contributed by atoms with Crippen LogP contribution >= 0.6 is 0 Å². The summed E-state index contributed by atoms with van der Waals surface area (Å²) in [5.74, 6) is 1.37. The van der Waals surface area contributed by atoms with Gasteiger partial charge in [0.25, 0.3) is 0 Å². The molecule has 1 N–H and O–H groups in total. The van der Waals surface area contributed by atoms with Gasteiger partial charge < -0.3 is 5.11 Å². The van der Waals surface area contributed by atoms with Crippen molar-refractivity contribution in [2.24, 2.45) is 11.8 Å². The predicted molar refractivity (Wildman–Crippen MR) is 65.9 cm³/mol. The van der Waals surface area contributed by atoms with Crippen molar-refractivity contribution in [2.75, 3.05) is 0 Å². The van der Waals surface area contributed by atoms with Gasteiger partial charge in [-0.1, -0.05) is 58.8 Å². The molecule has 0 saturated heterocycles. The van der Waals surface area contributed by atoms with Crippen LogP contribution < -0.4 is 0 Å². The first-order valence-corrected chi connectivity index (χ1v) is 6.93. The first kappa shape index (κ1) is 13.0. The van der Waals surface area contributed by atoms with E-state index in [0.717, 1.165) is 12.3 Å². The minimum Gasteiger partial charge on any atom is -0.393 e. The molecule has 1 fully saturated rings. The predicted octanol–water partition coefficient (Wildman–Crippen LogP) is 4.14. The van der Waals surface area contributed by atoms with E-state index < -0.39 is 0 Å². The zero-order chi connectivity index (χ0) is 11.1. The fourth-order valence-corrected chi connectivity index (χ4v) is 2.82. The number of hydrogen-bond donors (Lipinski definition) is 1. The molecule has 0 bridgehead atoms. The Hall–Kier alpha value is -0.0400. The first-order valence-electron chi connectivity index (χ1n) is 6.93. The fraction of sp³-hybridized carbons (Fsp3) is 1.00. The second-order valence-corrected chi connectivity index (χ2v) is 5.32. The van der Waals surface area contributed by atoms with Crippen molar-refractivity contribution in [1.82, 2.24) is 0 Å². The van der Waals surface area contributed by atoms with E-state index in [9.17, 15) is 5.11 Å². The zero-order valence-electron chi connectivity index (χ0n) is 10.5. The molecule has 90 valence electrons. The van der Waals surface area contributed by atoms with Crippen molar-refractivity contribution in [3.63, 3.8) is 0 Å². The molecule has 1 saturated carbocycles. The second-order valence-electron chi connectivity index (χ2n) is 5.32. The van der Waals surface area contributed by atoms with Gasteiger partial charge in [0.15, 0.2) is 0 Å². The molecule has 1 aliphatic rings. The Labute approximate surface area is 95.3 Å². The Kier molecular flexibility index (Phi) is 6.31. The lowest BCUT2D eigenvalue weighted by Gasteiger charge is -2.16. The van der Waals surface area contributed by atoms with E-state index in [1.165, 1.54) is 51.4 Å². The average molecular weight is 212 g/mol. The summed E-state index contributed by atoms with van der Waals surface area (Å²) in [6, 6.07) is 0. The van der Waals surface area contributed by atoms with Gasteiger partial charge in [-0.3, -0.25) is 0 Å². The van der Waals surface area contributed by atoms with Gasteiger partial charge in [-0.05, 0) is 24.7 Å². The van der Waals surface area contributed by atoms with E-state index in [2.05, 4.69) is 13.8 Å². The lowest BCUT2D eigenvalue weighted by molar-refractivity contribution is 0.125.